The standard InChI is InChI=1S/C30H31N3O2S2/c1-4-22-16-23(30(37-22)36-5-2)27-26(29(35)33-21-12-9-13-31-17-21)18(3)32-24-14-20(15-25(34)28(24)27)19-10-7-6-8-11-19/h6-13,16-17,20,27,32H,4-5,14-15H2,1-3H3,(H,33,35)/t20-,27+/m0/s1. The Hall–Kier alpha value is -3.16. The number of dihydropyridines is 1. The molecule has 0 bridgehead atoms. The van der Waals surface area contributed by atoms with Crippen LogP contribution in [0.25, 0.3) is 0 Å². The van der Waals surface area contributed by atoms with E-state index in [-0.39, 0.29) is 17.6 Å². The lowest BCUT2D eigenvalue weighted by Crippen LogP contribution is -2.37. The highest BCUT2D eigenvalue weighted by Crippen LogP contribution is 2.49. The number of hydrogen-bond acceptors (Lipinski definition) is 6. The van der Waals surface area contributed by atoms with Crippen LogP contribution in [0.2, 0.25) is 0 Å². The van der Waals surface area contributed by atoms with Gasteiger partial charge in [-0.3, -0.25) is 14.6 Å². The number of hydrogen-bond donors (Lipinski definition) is 2. The molecule has 5 rings (SSSR count). The molecule has 1 aromatic carbocycles. The second kappa shape index (κ2) is 11.1. The molecule has 0 spiro atoms. The number of allylic oxidation sites excluding steroid dienone is 3. The van der Waals surface area contributed by atoms with E-state index in [4.69, 9.17) is 0 Å². The Morgan fingerprint density at radius 1 is 1.16 bits per heavy atom. The largest absolute Gasteiger partial charge is 0.362 e. The first kappa shape index (κ1) is 25.5. The van der Waals surface area contributed by atoms with Crippen molar-refractivity contribution in [1.82, 2.24) is 10.3 Å². The highest BCUT2D eigenvalue weighted by Gasteiger charge is 2.42. The Bertz CT molecular complexity index is 1380. The number of amides is 1. The van der Waals surface area contributed by atoms with Crippen molar-refractivity contribution in [2.24, 2.45) is 0 Å². The van der Waals surface area contributed by atoms with Crippen LogP contribution in [0.3, 0.4) is 0 Å². The fourth-order valence-corrected chi connectivity index (χ4v) is 7.69. The van der Waals surface area contributed by atoms with E-state index >= 15 is 0 Å². The zero-order valence-corrected chi connectivity index (χ0v) is 23.0. The number of rotatable bonds is 7. The molecule has 2 atom stereocenters. The maximum absolute atomic E-state index is 13.9. The van der Waals surface area contributed by atoms with E-state index in [9.17, 15) is 9.59 Å². The molecule has 37 heavy (non-hydrogen) atoms. The number of ketones is 1. The summed E-state index contributed by atoms with van der Waals surface area (Å²) >= 11 is 3.57. The summed E-state index contributed by atoms with van der Waals surface area (Å²) in [5.74, 6) is 0.560. The smallest absolute Gasteiger partial charge is 0.254 e. The maximum atomic E-state index is 13.9. The molecule has 0 unspecified atom stereocenters. The van der Waals surface area contributed by atoms with Gasteiger partial charge in [-0.15, -0.1) is 23.1 Å². The number of thioether (sulfide) groups is 1. The van der Waals surface area contributed by atoms with Gasteiger partial charge in [0.05, 0.1) is 16.1 Å². The van der Waals surface area contributed by atoms with Crippen LogP contribution in [0.5, 0.6) is 0 Å². The fourth-order valence-electron chi connectivity index (χ4n) is 5.31. The van der Waals surface area contributed by atoms with Gasteiger partial charge in [0.1, 0.15) is 0 Å². The molecule has 0 saturated carbocycles. The third kappa shape index (κ3) is 5.15. The van der Waals surface area contributed by atoms with E-state index in [0.717, 1.165) is 41.1 Å². The van der Waals surface area contributed by atoms with Crippen LogP contribution in [0.1, 0.15) is 61.5 Å². The van der Waals surface area contributed by atoms with Gasteiger partial charge in [0.25, 0.3) is 5.91 Å². The van der Waals surface area contributed by atoms with Crippen LogP contribution >= 0.6 is 23.1 Å². The molecule has 2 aromatic heterocycles. The number of aromatic nitrogens is 1. The minimum atomic E-state index is -0.400. The Morgan fingerprint density at radius 2 is 1.97 bits per heavy atom. The highest BCUT2D eigenvalue weighted by molar-refractivity contribution is 8.01. The quantitative estimate of drug-likeness (QED) is 0.329. The van der Waals surface area contributed by atoms with Gasteiger partial charge in [0, 0.05) is 46.0 Å². The average Bonchev–Trinajstić information content (AvgIpc) is 3.31. The van der Waals surface area contributed by atoms with Crippen LogP contribution < -0.4 is 10.6 Å². The molecule has 190 valence electrons. The molecule has 0 saturated heterocycles. The SMILES string of the molecule is CCSc1sc(CC)cc1[C@@H]1C(C(=O)Nc2cccnc2)=C(C)NC2=C1C(=O)C[C@@H](c1ccccc1)C2. The first-order valence-corrected chi connectivity index (χ1v) is 14.6. The van der Waals surface area contributed by atoms with E-state index in [1.165, 1.54) is 14.6 Å². The number of pyridine rings is 1. The molecule has 3 heterocycles. The predicted molar refractivity (Wildman–Crippen MR) is 152 cm³/mol. The number of nitrogens with one attached hydrogen (secondary N) is 2. The van der Waals surface area contributed by atoms with Crippen molar-refractivity contribution in [3.63, 3.8) is 0 Å². The number of carbonyl (C=O) groups excluding carboxylic acids is 2. The molecule has 0 radical (unpaired) electrons. The minimum Gasteiger partial charge on any atom is -0.362 e. The zero-order valence-electron chi connectivity index (χ0n) is 21.3. The monoisotopic (exact) mass is 529 g/mol. The van der Waals surface area contributed by atoms with Crippen molar-refractivity contribution in [2.45, 2.75) is 56.1 Å². The van der Waals surface area contributed by atoms with E-state index in [1.807, 2.05) is 31.2 Å². The van der Waals surface area contributed by atoms with Crippen LogP contribution in [0.15, 0.2) is 87.7 Å². The summed E-state index contributed by atoms with van der Waals surface area (Å²) in [6, 6.07) is 16.1. The van der Waals surface area contributed by atoms with Gasteiger partial charge in [0.2, 0.25) is 0 Å². The molecule has 3 aromatic rings. The Morgan fingerprint density at radius 3 is 2.68 bits per heavy atom. The third-order valence-electron chi connectivity index (χ3n) is 6.97. The summed E-state index contributed by atoms with van der Waals surface area (Å²) in [5, 5.41) is 6.52. The molecule has 5 nitrogen and oxygen atoms in total. The molecule has 1 amide bonds. The number of anilines is 1. The van der Waals surface area contributed by atoms with Gasteiger partial charge in [0.15, 0.2) is 5.78 Å². The van der Waals surface area contributed by atoms with Crippen molar-refractivity contribution in [3.05, 3.63) is 99.5 Å². The Balaban J connectivity index is 1.61. The number of benzene rings is 1. The van der Waals surface area contributed by atoms with Gasteiger partial charge >= 0.3 is 0 Å². The number of aryl methyl sites for hydroxylation is 1. The van der Waals surface area contributed by atoms with Gasteiger partial charge < -0.3 is 10.6 Å². The first-order valence-electron chi connectivity index (χ1n) is 12.8. The topological polar surface area (TPSA) is 71.1 Å². The lowest BCUT2D eigenvalue weighted by molar-refractivity contribution is -0.116. The lowest BCUT2D eigenvalue weighted by Gasteiger charge is -2.37. The van der Waals surface area contributed by atoms with E-state index in [0.29, 0.717) is 17.7 Å². The summed E-state index contributed by atoms with van der Waals surface area (Å²) < 4.78 is 1.19. The summed E-state index contributed by atoms with van der Waals surface area (Å²) in [6.07, 6.45) is 5.43. The number of thiophene rings is 1. The van der Waals surface area contributed by atoms with Crippen LogP contribution in [-0.2, 0) is 16.0 Å². The normalized spacial score (nSPS) is 19.5. The molecule has 7 heteroatoms. The van der Waals surface area contributed by atoms with Crippen molar-refractivity contribution < 1.29 is 9.59 Å². The lowest BCUT2D eigenvalue weighted by atomic mass is 9.72. The molecular formula is C30H31N3O2S2. The van der Waals surface area contributed by atoms with Gasteiger partial charge in [-0.05, 0) is 60.8 Å². The summed E-state index contributed by atoms with van der Waals surface area (Å²) in [6.45, 7) is 6.24. The summed E-state index contributed by atoms with van der Waals surface area (Å²) in [7, 11) is 0. The Labute approximate surface area is 226 Å². The van der Waals surface area contributed by atoms with E-state index < -0.39 is 5.92 Å². The second-order valence-electron chi connectivity index (χ2n) is 9.37. The molecule has 1 aliphatic heterocycles. The minimum absolute atomic E-state index is 0.114. The Kier molecular flexibility index (Phi) is 7.63. The van der Waals surface area contributed by atoms with Crippen LogP contribution in [0, 0.1) is 0 Å². The van der Waals surface area contributed by atoms with Gasteiger partial charge in [-0.25, -0.2) is 0 Å². The molecule has 2 N–H and O–H groups in total. The van der Waals surface area contributed by atoms with Crippen molar-refractivity contribution >= 4 is 40.5 Å². The second-order valence-corrected chi connectivity index (χ2v) is 12.0. The highest BCUT2D eigenvalue weighted by atomic mass is 32.2. The van der Waals surface area contributed by atoms with Gasteiger partial charge in [-0.2, -0.15) is 0 Å². The number of Topliss-reactive ketones (excluding diaryl/α,β-unsaturated/α-hetero) is 1. The number of nitrogens with zero attached hydrogens (tertiary/aromatic N) is 1. The average molecular weight is 530 g/mol. The van der Waals surface area contributed by atoms with E-state index in [1.54, 1.807) is 41.6 Å². The van der Waals surface area contributed by atoms with Crippen molar-refractivity contribution in [3.8, 4) is 0 Å². The summed E-state index contributed by atoms with van der Waals surface area (Å²) in [4.78, 5) is 33.1. The zero-order chi connectivity index (χ0) is 25.9. The summed E-state index contributed by atoms with van der Waals surface area (Å²) in [5.41, 5.74) is 5.97. The molecule has 1 aliphatic carbocycles. The van der Waals surface area contributed by atoms with Crippen molar-refractivity contribution in [1.29, 1.82) is 0 Å². The van der Waals surface area contributed by atoms with Crippen LogP contribution in [-0.4, -0.2) is 22.4 Å². The molecular weight excluding hydrogens is 498 g/mol. The van der Waals surface area contributed by atoms with Crippen molar-refractivity contribution in [2.75, 3.05) is 11.1 Å². The predicted octanol–water partition coefficient (Wildman–Crippen LogP) is 6.82. The van der Waals surface area contributed by atoms with Crippen LogP contribution in [0.4, 0.5) is 5.69 Å². The maximum Gasteiger partial charge on any atom is 0.254 e. The van der Waals surface area contributed by atoms with Gasteiger partial charge in [-0.1, -0.05) is 44.2 Å². The molecule has 2 aliphatic rings. The third-order valence-corrected chi connectivity index (χ3v) is 9.45. The molecule has 0 fully saturated rings. The van der Waals surface area contributed by atoms with E-state index in [2.05, 4.69) is 47.7 Å². The first-order chi connectivity index (χ1) is 18.0. The number of carbonyl (C=O) groups is 2. The fraction of sp³-hybridized carbons (Fsp3) is 0.300.